The van der Waals surface area contributed by atoms with Gasteiger partial charge in [0.2, 0.25) is 5.91 Å². The highest BCUT2D eigenvalue weighted by Crippen LogP contribution is 2.28. The van der Waals surface area contributed by atoms with Crippen LogP contribution in [0.25, 0.3) is 0 Å². The maximum atomic E-state index is 12.9. The maximum absolute atomic E-state index is 12.9. The van der Waals surface area contributed by atoms with Gasteiger partial charge in [-0.3, -0.25) is 4.79 Å². The predicted octanol–water partition coefficient (Wildman–Crippen LogP) is 5.23. The van der Waals surface area contributed by atoms with Crippen LogP contribution in [0.5, 0.6) is 0 Å². The van der Waals surface area contributed by atoms with Gasteiger partial charge in [0.05, 0.1) is 0 Å². The Bertz CT molecular complexity index is 632. The molecule has 1 aliphatic carbocycles. The van der Waals surface area contributed by atoms with Crippen molar-refractivity contribution in [2.45, 2.75) is 51.5 Å². The van der Waals surface area contributed by atoms with Gasteiger partial charge in [-0.2, -0.15) is 0 Å². The van der Waals surface area contributed by atoms with Gasteiger partial charge in [0, 0.05) is 19.5 Å². The van der Waals surface area contributed by atoms with E-state index in [2.05, 4.69) is 41.3 Å². The average molecular weight is 335 g/mol. The van der Waals surface area contributed by atoms with Gasteiger partial charge in [-0.1, -0.05) is 86.3 Å². The van der Waals surface area contributed by atoms with Crippen molar-refractivity contribution in [3.8, 4) is 0 Å². The highest BCUT2D eigenvalue weighted by molar-refractivity contribution is 5.76. The number of hydrogen-bond donors (Lipinski definition) is 0. The third-order valence-electron chi connectivity index (χ3n) is 5.32. The molecule has 2 nitrogen and oxygen atoms in total. The van der Waals surface area contributed by atoms with Crippen molar-refractivity contribution in [3.05, 3.63) is 71.8 Å². The van der Waals surface area contributed by atoms with E-state index in [1.54, 1.807) is 0 Å². The van der Waals surface area contributed by atoms with Crippen LogP contribution in [-0.2, 0) is 17.8 Å². The van der Waals surface area contributed by atoms with E-state index in [1.165, 1.54) is 36.8 Å². The van der Waals surface area contributed by atoms with Crippen LogP contribution in [0.15, 0.2) is 60.7 Å². The summed E-state index contributed by atoms with van der Waals surface area (Å²) in [4.78, 5) is 14.9. The predicted molar refractivity (Wildman–Crippen MR) is 103 cm³/mol. The molecule has 0 atom stereocenters. The second kappa shape index (κ2) is 9.41. The Morgan fingerprint density at radius 3 is 2.12 bits per heavy atom. The molecule has 3 rings (SSSR count). The molecule has 0 aliphatic heterocycles. The van der Waals surface area contributed by atoms with Crippen LogP contribution >= 0.6 is 0 Å². The summed E-state index contributed by atoms with van der Waals surface area (Å²) in [5.41, 5.74) is 2.51. The molecule has 1 saturated carbocycles. The minimum atomic E-state index is 0.312. The van der Waals surface area contributed by atoms with Crippen LogP contribution in [0, 0.1) is 5.92 Å². The molecule has 0 bridgehead atoms. The summed E-state index contributed by atoms with van der Waals surface area (Å²) in [6, 6.07) is 20.8. The lowest BCUT2D eigenvalue weighted by Gasteiger charge is -2.24. The van der Waals surface area contributed by atoms with Crippen molar-refractivity contribution < 1.29 is 4.79 Å². The smallest absolute Gasteiger partial charge is 0.222 e. The number of hydrogen-bond acceptors (Lipinski definition) is 1. The van der Waals surface area contributed by atoms with E-state index >= 15 is 0 Å². The van der Waals surface area contributed by atoms with Crippen LogP contribution in [0.2, 0.25) is 0 Å². The lowest BCUT2D eigenvalue weighted by Crippen LogP contribution is -2.32. The topological polar surface area (TPSA) is 20.3 Å². The molecule has 2 aromatic carbocycles. The second-order valence-corrected chi connectivity index (χ2v) is 7.23. The van der Waals surface area contributed by atoms with Crippen LogP contribution in [0.3, 0.4) is 0 Å². The molecule has 0 spiro atoms. The van der Waals surface area contributed by atoms with Crippen molar-refractivity contribution >= 4 is 5.91 Å². The minimum Gasteiger partial charge on any atom is -0.338 e. The fourth-order valence-corrected chi connectivity index (χ4v) is 3.79. The Morgan fingerprint density at radius 1 is 0.880 bits per heavy atom. The summed E-state index contributed by atoms with van der Waals surface area (Å²) in [7, 11) is 0. The first-order valence-electron chi connectivity index (χ1n) is 9.67. The summed E-state index contributed by atoms with van der Waals surface area (Å²) >= 11 is 0. The van der Waals surface area contributed by atoms with Gasteiger partial charge < -0.3 is 4.90 Å². The number of benzene rings is 2. The molecule has 0 N–H and O–H groups in total. The van der Waals surface area contributed by atoms with Gasteiger partial charge in [-0.25, -0.2) is 0 Å². The van der Waals surface area contributed by atoms with Crippen LogP contribution in [-0.4, -0.2) is 17.4 Å². The molecule has 0 saturated heterocycles. The van der Waals surface area contributed by atoms with Crippen molar-refractivity contribution in [2.75, 3.05) is 6.54 Å². The maximum Gasteiger partial charge on any atom is 0.222 e. The van der Waals surface area contributed by atoms with Crippen molar-refractivity contribution in [1.29, 1.82) is 0 Å². The monoisotopic (exact) mass is 335 g/mol. The fraction of sp³-hybridized carbons (Fsp3) is 0.435. The minimum absolute atomic E-state index is 0.312. The fourth-order valence-electron chi connectivity index (χ4n) is 3.79. The Hall–Kier alpha value is -2.09. The highest BCUT2D eigenvalue weighted by Gasteiger charge is 2.19. The summed E-state index contributed by atoms with van der Waals surface area (Å²) < 4.78 is 0. The Balaban J connectivity index is 1.59. The van der Waals surface area contributed by atoms with Crippen LogP contribution < -0.4 is 0 Å². The summed E-state index contributed by atoms with van der Waals surface area (Å²) in [6.07, 6.45) is 8.01. The van der Waals surface area contributed by atoms with E-state index in [0.29, 0.717) is 12.3 Å². The quantitative estimate of drug-likeness (QED) is 0.647. The first kappa shape index (κ1) is 17.7. The van der Waals surface area contributed by atoms with Crippen molar-refractivity contribution in [1.82, 2.24) is 4.90 Å². The molecule has 0 aromatic heterocycles. The lowest BCUT2D eigenvalue weighted by atomic mass is 10.0. The van der Waals surface area contributed by atoms with Crippen molar-refractivity contribution in [2.24, 2.45) is 5.92 Å². The Labute approximate surface area is 151 Å². The molecule has 1 fully saturated rings. The van der Waals surface area contributed by atoms with E-state index in [1.807, 2.05) is 24.3 Å². The number of rotatable bonds is 8. The largest absolute Gasteiger partial charge is 0.338 e. The zero-order chi connectivity index (χ0) is 17.3. The first-order valence-corrected chi connectivity index (χ1v) is 9.67. The van der Waals surface area contributed by atoms with Crippen LogP contribution in [0.4, 0.5) is 0 Å². The molecule has 0 unspecified atom stereocenters. The molecule has 1 amide bonds. The number of carbonyl (C=O) groups excluding carboxylic acids is 1. The van der Waals surface area contributed by atoms with E-state index in [0.717, 1.165) is 31.8 Å². The zero-order valence-corrected chi connectivity index (χ0v) is 15.1. The number of carbonyl (C=O) groups is 1. The van der Waals surface area contributed by atoms with Crippen molar-refractivity contribution in [3.63, 3.8) is 0 Å². The Kier molecular flexibility index (Phi) is 6.67. The van der Waals surface area contributed by atoms with Gasteiger partial charge in [-0.15, -0.1) is 0 Å². The van der Waals surface area contributed by atoms with Gasteiger partial charge in [0.1, 0.15) is 0 Å². The molecule has 2 aromatic rings. The third kappa shape index (κ3) is 5.74. The lowest BCUT2D eigenvalue weighted by molar-refractivity contribution is -0.132. The molecule has 2 heteroatoms. The normalized spacial score (nSPS) is 14.6. The highest BCUT2D eigenvalue weighted by atomic mass is 16.2. The molecule has 0 heterocycles. The van der Waals surface area contributed by atoms with E-state index in [9.17, 15) is 4.79 Å². The molecule has 0 radical (unpaired) electrons. The van der Waals surface area contributed by atoms with Gasteiger partial charge in [0.15, 0.2) is 0 Å². The zero-order valence-electron chi connectivity index (χ0n) is 15.1. The average Bonchev–Trinajstić information content (AvgIpc) is 3.18. The van der Waals surface area contributed by atoms with Gasteiger partial charge in [0.25, 0.3) is 0 Å². The molecular formula is C23H29NO. The number of nitrogens with zero attached hydrogens (tertiary/aromatic N) is 1. The van der Waals surface area contributed by atoms with Gasteiger partial charge in [-0.05, 0) is 29.9 Å². The summed E-state index contributed by atoms with van der Waals surface area (Å²) in [5.74, 6) is 1.09. The molecule has 1 aliphatic rings. The van der Waals surface area contributed by atoms with E-state index < -0.39 is 0 Å². The molecule has 25 heavy (non-hydrogen) atoms. The summed E-state index contributed by atoms with van der Waals surface area (Å²) in [5, 5.41) is 0. The van der Waals surface area contributed by atoms with E-state index in [4.69, 9.17) is 0 Å². The second-order valence-electron chi connectivity index (χ2n) is 7.23. The molecular weight excluding hydrogens is 306 g/mol. The third-order valence-corrected chi connectivity index (χ3v) is 5.32. The Morgan fingerprint density at radius 2 is 1.48 bits per heavy atom. The number of amides is 1. The summed E-state index contributed by atoms with van der Waals surface area (Å²) in [6.45, 7) is 1.51. The van der Waals surface area contributed by atoms with Gasteiger partial charge >= 0.3 is 0 Å². The van der Waals surface area contributed by atoms with E-state index in [-0.39, 0.29) is 0 Å². The standard InChI is InChI=1S/C23H29NO/c25-23(16-15-20-11-7-8-12-20)24(19-22-13-5-2-6-14-22)18-17-21-9-3-1-4-10-21/h1-6,9-10,13-14,20H,7-8,11-12,15-19H2. The SMILES string of the molecule is O=C(CCC1CCCC1)N(CCc1ccccc1)Cc1ccccc1. The first-order chi connectivity index (χ1) is 12.3. The van der Waals surface area contributed by atoms with Crippen LogP contribution in [0.1, 0.15) is 49.7 Å². The molecule has 132 valence electrons.